The van der Waals surface area contributed by atoms with Crippen molar-refractivity contribution < 1.29 is 14.3 Å². The summed E-state index contributed by atoms with van der Waals surface area (Å²) < 4.78 is 14.5. The van der Waals surface area contributed by atoms with Crippen LogP contribution < -0.4 is 0 Å². The number of likely N-dealkylation sites (tertiary alicyclic amines) is 1. The number of rotatable bonds is 3. The number of hydrogen-bond acceptors (Lipinski definition) is 2. The molecule has 0 atom stereocenters. The normalized spacial score (nSPS) is 19.3. The Labute approximate surface area is 120 Å². The second kappa shape index (κ2) is 5.59. The van der Waals surface area contributed by atoms with E-state index in [0.29, 0.717) is 38.0 Å². The molecule has 1 aliphatic rings. The molecule has 1 heterocycles. The number of benzene rings is 1. The summed E-state index contributed by atoms with van der Waals surface area (Å²) in [6, 6.07) is 5.05. The third-order valence-electron chi connectivity index (χ3n) is 3.88. The van der Waals surface area contributed by atoms with Gasteiger partial charge >= 0.3 is 5.97 Å². The third-order valence-corrected chi connectivity index (χ3v) is 4.38. The first kappa shape index (κ1) is 14.5. The molecule has 0 saturated carbocycles. The third kappa shape index (κ3) is 3.34. The molecule has 1 aromatic rings. The molecule has 0 radical (unpaired) electrons. The summed E-state index contributed by atoms with van der Waals surface area (Å²) in [5.74, 6) is -0.956. The van der Waals surface area contributed by atoms with Crippen LogP contribution in [0.15, 0.2) is 22.7 Å². The zero-order valence-corrected chi connectivity index (χ0v) is 12.4. The van der Waals surface area contributed by atoms with E-state index in [9.17, 15) is 9.18 Å². The highest BCUT2D eigenvalue weighted by molar-refractivity contribution is 9.10. The van der Waals surface area contributed by atoms with Crippen LogP contribution in [0.2, 0.25) is 0 Å². The zero-order chi connectivity index (χ0) is 14.0. The van der Waals surface area contributed by atoms with Gasteiger partial charge in [-0.2, -0.15) is 0 Å². The topological polar surface area (TPSA) is 40.5 Å². The first-order chi connectivity index (χ1) is 8.90. The van der Waals surface area contributed by atoms with E-state index in [1.807, 2.05) is 6.07 Å². The fraction of sp³-hybridized carbons (Fsp3) is 0.500. The molecular formula is C14H17BrFNO2. The first-order valence-electron chi connectivity index (χ1n) is 6.30. The van der Waals surface area contributed by atoms with E-state index in [1.165, 1.54) is 6.07 Å². The van der Waals surface area contributed by atoms with E-state index in [0.717, 1.165) is 4.47 Å². The van der Waals surface area contributed by atoms with Crippen LogP contribution >= 0.6 is 15.9 Å². The van der Waals surface area contributed by atoms with Crippen molar-refractivity contribution in [3.63, 3.8) is 0 Å². The second-order valence-corrected chi connectivity index (χ2v) is 6.29. The van der Waals surface area contributed by atoms with Crippen molar-refractivity contribution in [3.05, 3.63) is 34.1 Å². The van der Waals surface area contributed by atoms with Crippen LogP contribution in [0.1, 0.15) is 25.3 Å². The zero-order valence-electron chi connectivity index (χ0n) is 10.8. The summed E-state index contributed by atoms with van der Waals surface area (Å²) in [5.41, 5.74) is 0.0246. The molecule has 1 fully saturated rings. The lowest BCUT2D eigenvalue weighted by atomic mass is 9.80. The Balaban J connectivity index is 1.98. The van der Waals surface area contributed by atoms with Crippen LogP contribution in [-0.4, -0.2) is 29.1 Å². The van der Waals surface area contributed by atoms with E-state index in [2.05, 4.69) is 20.8 Å². The van der Waals surface area contributed by atoms with Gasteiger partial charge in [0.25, 0.3) is 0 Å². The Morgan fingerprint density at radius 3 is 2.63 bits per heavy atom. The SMILES string of the molecule is CC1(C(=O)O)CCN(Cc2ccc(Br)cc2F)CC1. The van der Waals surface area contributed by atoms with Crippen molar-refractivity contribution >= 4 is 21.9 Å². The maximum absolute atomic E-state index is 13.7. The van der Waals surface area contributed by atoms with Gasteiger partial charge < -0.3 is 5.11 Å². The molecule has 5 heteroatoms. The molecule has 1 N–H and O–H groups in total. The highest BCUT2D eigenvalue weighted by Gasteiger charge is 2.36. The molecule has 0 aliphatic carbocycles. The Kier molecular flexibility index (Phi) is 4.26. The Morgan fingerprint density at radius 1 is 1.47 bits per heavy atom. The molecule has 1 aromatic carbocycles. The average molecular weight is 330 g/mol. The predicted octanol–water partition coefficient (Wildman–Crippen LogP) is 3.27. The van der Waals surface area contributed by atoms with Crippen molar-refractivity contribution in [1.82, 2.24) is 4.90 Å². The van der Waals surface area contributed by atoms with Gasteiger partial charge in [0.2, 0.25) is 0 Å². The number of carbonyl (C=O) groups is 1. The first-order valence-corrected chi connectivity index (χ1v) is 7.10. The molecule has 19 heavy (non-hydrogen) atoms. The highest BCUT2D eigenvalue weighted by atomic mass is 79.9. The van der Waals surface area contributed by atoms with E-state index in [-0.39, 0.29) is 5.82 Å². The van der Waals surface area contributed by atoms with E-state index in [1.54, 1.807) is 13.0 Å². The van der Waals surface area contributed by atoms with Crippen LogP contribution in [-0.2, 0) is 11.3 Å². The maximum Gasteiger partial charge on any atom is 0.309 e. The number of nitrogens with zero attached hydrogens (tertiary/aromatic N) is 1. The molecule has 0 spiro atoms. The van der Waals surface area contributed by atoms with Crippen molar-refractivity contribution in [1.29, 1.82) is 0 Å². The molecule has 104 valence electrons. The second-order valence-electron chi connectivity index (χ2n) is 5.38. The maximum atomic E-state index is 13.7. The van der Waals surface area contributed by atoms with Crippen LogP contribution in [0.3, 0.4) is 0 Å². The van der Waals surface area contributed by atoms with Gasteiger partial charge in [0.15, 0.2) is 0 Å². The molecule has 2 rings (SSSR count). The highest BCUT2D eigenvalue weighted by Crippen LogP contribution is 2.31. The lowest BCUT2D eigenvalue weighted by Crippen LogP contribution is -2.42. The van der Waals surface area contributed by atoms with Crippen LogP contribution in [0.4, 0.5) is 4.39 Å². The van der Waals surface area contributed by atoms with Crippen LogP contribution in [0, 0.1) is 11.2 Å². The minimum atomic E-state index is -0.734. The number of piperidine rings is 1. The minimum Gasteiger partial charge on any atom is -0.481 e. The largest absolute Gasteiger partial charge is 0.481 e. The summed E-state index contributed by atoms with van der Waals surface area (Å²) in [6.07, 6.45) is 1.22. The van der Waals surface area contributed by atoms with E-state index in [4.69, 9.17) is 5.11 Å². The quantitative estimate of drug-likeness (QED) is 0.925. The minimum absolute atomic E-state index is 0.221. The van der Waals surface area contributed by atoms with Gasteiger partial charge in [-0.25, -0.2) is 4.39 Å². The van der Waals surface area contributed by atoms with Crippen molar-refractivity contribution in [2.75, 3.05) is 13.1 Å². The molecule has 3 nitrogen and oxygen atoms in total. The molecular weight excluding hydrogens is 313 g/mol. The van der Waals surface area contributed by atoms with Crippen LogP contribution in [0.5, 0.6) is 0 Å². The lowest BCUT2D eigenvalue weighted by Gasteiger charge is -2.36. The Bertz CT molecular complexity index is 484. The van der Waals surface area contributed by atoms with Gasteiger partial charge in [-0.3, -0.25) is 9.69 Å². The summed E-state index contributed by atoms with van der Waals surface area (Å²) in [7, 11) is 0. The molecule has 1 saturated heterocycles. The number of carboxylic acid groups (broad SMARTS) is 1. The number of hydrogen-bond donors (Lipinski definition) is 1. The lowest BCUT2D eigenvalue weighted by molar-refractivity contribution is -0.150. The monoisotopic (exact) mass is 329 g/mol. The van der Waals surface area contributed by atoms with Gasteiger partial charge in [-0.15, -0.1) is 0 Å². The van der Waals surface area contributed by atoms with Crippen LogP contribution in [0.25, 0.3) is 0 Å². The van der Waals surface area contributed by atoms with Crippen molar-refractivity contribution in [2.24, 2.45) is 5.41 Å². The van der Waals surface area contributed by atoms with Gasteiger partial charge in [-0.05, 0) is 45.0 Å². The Morgan fingerprint density at radius 2 is 2.11 bits per heavy atom. The number of carboxylic acids is 1. The van der Waals surface area contributed by atoms with Gasteiger partial charge in [0, 0.05) is 16.6 Å². The fourth-order valence-electron chi connectivity index (χ4n) is 2.31. The molecule has 0 unspecified atom stereocenters. The molecule has 0 amide bonds. The molecule has 0 aromatic heterocycles. The van der Waals surface area contributed by atoms with E-state index >= 15 is 0 Å². The van der Waals surface area contributed by atoms with Crippen molar-refractivity contribution in [3.8, 4) is 0 Å². The van der Waals surface area contributed by atoms with Gasteiger partial charge in [0.1, 0.15) is 5.82 Å². The summed E-state index contributed by atoms with van der Waals surface area (Å²) >= 11 is 3.23. The van der Waals surface area contributed by atoms with Gasteiger partial charge in [-0.1, -0.05) is 22.0 Å². The molecule has 0 bridgehead atoms. The van der Waals surface area contributed by atoms with Gasteiger partial charge in [0.05, 0.1) is 5.41 Å². The standard InChI is InChI=1S/C14H17BrFNO2/c1-14(13(18)19)4-6-17(7-5-14)9-10-2-3-11(15)8-12(10)16/h2-3,8H,4-7,9H2,1H3,(H,18,19). The average Bonchev–Trinajstić information content (AvgIpc) is 2.35. The summed E-state index contributed by atoms with van der Waals surface area (Å²) in [5, 5.41) is 9.16. The van der Waals surface area contributed by atoms with E-state index < -0.39 is 11.4 Å². The number of halogens is 2. The smallest absolute Gasteiger partial charge is 0.309 e. The Hall–Kier alpha value is -0.940. The summed E-state index contributed by atoms with van der Waals surface area (Å²) in [4.78, 5) is 13.3. The molecule has 1 aliphatic heterocycles. The predicted molar refractivity (Wildman–Crippen MR) is 74.4 cm³/mol. The fourth-order valence-corrected chi connectivity index (χ4v) is 2.64. The van der Waals surface area contributed by atoms with Crippen molar-refractivity contribution in [2.45, 2.75) is 26.3 Å². The summed E-state index contributed by atoms with van der Waals surface area (Å²) in [6.45, 7) is 3.71. The number of aliphatic carboxylic acids is 1.